The number of carbonyl (C=O) groups excluding carboxylic acids is 1. The van der Waals surface area contributed by atoms with Gasteiger partial charge >= 0.3 is 12.7 Å². The third kappa shape index (κ3) is 3.60. The molecule has 2 aliphatic rings. The molecule has 3 aromatic rings. The molecule has 0 saturated heterocycles. The number of nitrogens with zero attached hydrogens (tertiary/aromatic N) is 1. The van der Waals surface area contributed by atoms with Crippen LogP contribution in [0.25, 0.3) is 17.0 Å². The van der Waals surface area contributed by atoms with Crippen molar-refractivity contribution in [3.05, 3.63) is 75.1 Å². The van der Waals surface area contributed by atoms with Gasteiger partial charge in [0.1, 0.15) is 11.1 Å². The van der Waals surface area contributed by atoms with Crippen LogP contribution < -0.4 is 16.0 Å². The van der Waals surface area contributed by atoms with E-state index in [9.17, 15) is 9.59 Å². The van der Waals surface area contributed by atoms with Crippen molar-refractivity contribution >= 4 is 41.1 Å². The van der Waals surface area contributed by atoms with Gasteiger partial charge in [-0.15, -0.1) is 0 Å². The SMILES string of the molecule is O=C(C=Cc1ccc(B(O)O)cc1)c1cc2cc3c4c(c2oc1=O)CCCN4CCC3. The molecule has 0 spiro atoms. The number of anilines is 1. The maximum absolute atomic E-state index is 12.7. The number of carbonyl (C=O) groups is 1. The summed E-state index contributed by atoms with van der Waals surface area (Å²) >= 11 is 0. The van der Waals surface area contributed by atoms with Gasteiger partial charge in [-0.2, -0.15) is 0 Å². The quantitative estimate of drug-likeness (QED) is 0.294. The van der Waals surface area contributed by atoms with Crippen LogP contribution in [0.1, 0.15) is 39.9 Å². The minimum atomic E-state index is -1.54. The van der Waals surface area contributed by atoms with Crippen molar-refractivity contribution in [1.82, 2.24) is 0 Å². The first kappa shape index (κ1) is 19.8. The maximum Gasteiger partial charge on any atom is 0.488 e. The van der Waals surface area contributed by atoms with Crippen LogP contribution in [0.15, 0.2) is 51.7 Å². The van der Waals surface area contributed by atoms with Crippen LogP contribution in [-0.4, -0.2) is 36.0 Å². The van der Waals surface area contributed by atoms with Crippen molar-refractivity contribution in [1.29, 1.82) is 0 Å². The second kappa shape index (κ2) is 7.83. The van der Waals surface area contributed by atoms with E-state index in [0.29, 0.717) is 16.6 Å². The fourth-order valence-electron chi connectivity index (χ4n) is 4.66. The molecule has 1 aromatic heterocycles. The number of hydrogen-bond acceptors (Lipinski definition) is 6. The molecule has 0 saturated carbocycles. The second-order valence-electron chi connectivity index (χ2n) is 8.16. The molecule has 2 aliphatic heterocycles. The number of allylic oxidation sites excluding steroid dienone is 1. The third-order valence-corrected chi connectivity index (χ3v) is 6.14. The molecule has 2 aromatic carbocycles. The van der Waals surface area contributed by atoms with Crippen LogP contribution in [0.5, 0.6) is 0 Å². The molecule has 156 valence electrons. The molecule has 5 rings (SSSR count). The molecular weight excluding hydrogens is 393 g/mol. The van der Waals surface area contributed by atoms with Crippen LogP contribution in [0, 0.1) is 0 Å². The minimum Gasteiger partial charge on any atom is -0.423 e. The van der Waals surface area contributed by atoms with Gasteiger partial charge in [-0.3, -0.25) is 4.79 Å². The molecule has 0 fully saturated rings. The highest BCUT2D eigenvalue weighted by Crippen LogP contribution is 2.39. The first-order valence-electron chi connectivity index (χ1n) is 10.6. The van der Waals surface area contributed by atoms with E-state index in [2.05, 4.69) is 11.0 Å². The summed E-state index contributed by atoms with van der Waals surface area (Å²) in [4.78, 5) is 27.8. The van der Waals surface area contributed by atoms with E-state index in [1.807, 2.05) is 0 Å². The van der Waals surface area contributed by atoms with Crippen molar-refractivity contribution in [3.8, 4) is 0 Å². The molecule has 0 unspecified atom stereocenters. The Morgan fingerprint density at radius 1 is 1.06 bits per heavy atom. The lowest BCUT2D eigenvalue weighted by Crippen LogP contribution is -2.34. The molecule has 0 radical (unpaired) electrons. The summed E-state index contributed by atoms with van der Waals surface area (Å²) in [6.07, 6.45) is 6.95. The van der Waals surface area contributed by atoms with E-state index in [4.69, 9.17) is 14.5 Å². The summed E-state index contributed by atoms with van der Waals surface area (Å²) in [7, 11) is -1.54. The number of benzene rings is 2. The fourth-order valence-corrected chi connectivity index (χ4v) is 4.66. The van der Waals surface area contributed by atoms with Crippen molar-refractivity contribution in [2.45, 2.75) is 25.7 Å². The van der Waals surface area contributed by atoms with E-state index in [-0.39, 0.29) is 5.56 Å². The summed E-state index contributed by atoms with van der Waals surface area (Å²) in [5.41, 5.74) is 4.66. The highest BCUT2D eigenvalue weighted by atomic mass is 16.4. The van der Waals surface area contributed by atoms with E-state index >= 15 is 0 Å². The van der Waals surface area contributed by atoms with Gasteiger partial charge in [0, 0.05) is 29.7 Å². The molecule has 0 atom stereocenters. The highest BCUT2D eigenvalue weighted by molar-refractivity contribution is 6.58. The first-order valence-corrected chi connectivity index (χ1v) is 10.6. The number of rotatable bonds is 4. The lowest BCUT2D eigenvalue weighted by Gasteiger charge is -2.37. The van der Waals surface area contributed by atoms with Gasteiger partial charge in [0.25, 0.3) is 0 Å². The average Bonchev–Trinajstić information content (AvgIpc) is 2.78. The van der Waals surface area contributed by atoms with Gasteiger partial charge in [-0.1, -0.05) is 30.3 Å². The van der Waals surface area contributed by atoms with Gasteiger partial charge in [-0.25, -0.2) is 4.79 Å². The molecule has 3 heterocycles. The van der Waals surface area contributed by atoms with E-state index in [1.165, 1.54) is 17.3 Å². The number of hydrogen-bond donors (Lipinski definition) is 2. The molecular formula is C24H22BNO5. The molecule has 6 nitrogen and oxygen atoms in total. The molecule has 0 amide bonds. The Hall–Kier alpha value is -3.16. The lowest BCUT2D eigenvalue weighted by atomic mass is 9.80. The predicted molar refractivity (Wildman–Crippen MR) is 121 cm³/mol. The minimum absolute atomic E-state index is 0.0155. The zero-order valence-corrected chi connectivity index (χ0v) is 17.0. The molecule has 0 aliphatic carbocycles. The number of aryl methyl sites for hydroxylation is 2. The summed E-state index contributed by atoms with van der Waals surface area (Å²) < 4.78 is 5.69. The summed E-state index contributed by atoms with van der Waals surface area (Å²) in [6, 6.07) is 10.2. The normalized spacial score (nSPS) is 15.4. The largest absolute Gasteiger partial charge is 0.488 e. The summed E-state index contributed by atoms with van der Waals surface area (Å²) in [6.45, 7) is 2.07. The van der Waals surface area contributed by atoms with Gasteiger partial charge in [-0.05, 0) is 60.5 Å². The van der Waals surface area contributed by atoms with Crippen LogP contribution in [0.2, 0.25) is 0 Å². The Morgan fingerprint density at radius 2 is 1.81 bits per heavy atom. The Labute approximate surface area is 179 Å². The van der Waals surface area contributed by atoms with Crippen molar-refractivity contribution in [2.24, 2.45) is 0 Å². The summed E-state index contributed by atoms with van der Waals surface area (Å²) in [5.74, 6) is -0.421. The van der Waals surface area contributed by atoms with Gasteiger partial charge in [0.2, 0.25) is 0 Å². The number of fused-ring (bicyclic) bond motifs is 2. The van der Waals surface area contributed by atoms with E-state index < -0.39 is 18.5 Å². The number of ketones is 1. The Balaban J connectivity index is 1.50. The molecule has 31 heavy (non-hydrogen) atoms. The highest BCUT2D eigenvalue weighted by Gasteiger charge is 2.27. The van der Waals surface area contributed by atoms with Crippen molar-refractivity contribution < 1.29 is 19.3 Å². The summed E-state index contributed by atoms with van der Waals surface area (Å²) in [5, 5.41) is 19.1. The fraction of sp³-hybridized carbons (Fsp3) is 0.250. The maximum atomic E-state index is 12.7. The standard InChI is InChI=1S/C24H22BNO5/c27-21(10-7-15-5-8-18(9-6-15)25(29)30)20-14-17-13-16-3-1-11-26-12-2-4-19(22(16)26)23(17)31-24(20)28/h5-10,13-14,29-30H,1-4,11-12H2. The van der Waals surface area contributed by atoms with Crippen LogP contribution in [-0.2, 0) is 12.8 Å². The molecule has 7 heteroatoms. The van der Waals surface area contributed by atoms with Crippen LogP contribution in [0.3, 0.4) is 0 Å². The molecule has 2 N–H and O–H groups in total. The zero-order chi connectivity index (χ0) is 21.5. The zero-order valence-electron chi connectivity index (χ0n) is 17.0. The smallest absolute Gasteiger partial charge is 0.423 e. The molecule has 0 bridgehead atoms. The van der Waals surface area contributed by atoms with Gasteiger partial charge in [0.05, 0.1) is 0 Å². The monoisotopic (exact) mass is 415 g/mol. The lowest BCUT2D eigenvalue weighted by molar-refractivity contribution is 0.104. The third-order valence-electron chi connectivity index (χ3n) is 6.14. The van der Waals surface area contributed by atoms with E-state index in [0.717, 1.165) is 49.7 Å². The topological polar surface area (TPSA) is 91.0 Å². The van der Waals surface area contributed by atoms with Crippen molar-refractivity contribution in [2.75, 3.05) is 18.0 Å². The average molecular weight is 415 g/mol. The van der Waals surface area contributed by atoms with E-state index in [1.54, 1.807) is 36.4 Å². The second-order valence-corrected chi connectivity index (χ2v) is 8.16. The van der Waals surface area contributed by atoms with Crippen molar-refractivity contribution in [3.63, 3.8) is 0 Å². The Kier molecular flexibility index (Phi) is 5.00. The Morgan fingerprint density at radius 3 is 2.55 bits per heavy atom. The van der Waals surface area contributed by atoms with Crippen LogP contribution >= 0.6 is 0 Å². The van der Waals surface area contributed by atoms with Gasteiger partial charge in [0.15, 0.2) is 5.78 Å². The Bertz CT molecular complexity index is 1260. The van der Waals surface area contributed by atoms with Crippen LogP contribution in [0.4, 0.5) is 5.69 Å². The first-order chi connectivity index (χ1) is 15.0. The predicted octanol–water partition coefficient (Wildman–Crippen LogP) is 2.07. The van der Waals surface area contributed by atoms with Gasteiger partial charge < -0.3 is 19.4 Å².